The Morgan fingerprint density at radius 1 is 1.55 bits per heavy atom. The molecule has 11 heavy (non-hydrogen) atoms. The number of hydrogen-bond acceptors (Lipinski definition) is 1. The Balaban J connectivity index is 0. The van der Waals surface area contributed by atoms with Crippen molar-refractivity contribution in [2.45, 2.75) is 6.54 Å². The average molecular weight is 228 g/mol. The van der Waals surface area contributed by atoms with Crippen LogP contribution in [-0.4, -0.2) is 23.1 Å². The summed E-state index contributed by atoms with van der Waals surface area (Å²) in [6.07, 6.45) is 0. The molecular formula is C7H7BrFMgN. The van der Waals surface area contributed by atoms with Gasteiger partial charge in [0.1, 0.15) is 0 Å². The summed E-state index contributed by atoms with van der Waals surface area (Å²) in [5.74, 6) is -0.278. The Morgan fingerprint density at radius 3 is 2.55 bits per heavy atom. The first-order valence-electron chi connectivity index (χ1n) is 2.69. The summed E-state index contributed by atoms with van der Waals surface area (Å²) >= 11 is 0. The van der Waals surface area contributed by atoms with E-state index < -0.39 is 0 Å². The third-order valence-corrected chi connectivity index (χ3v) is 1.12. The van der Waals surface area contributed by atoms with Gasteiger partial charge in [-0.25, -0.2) is 0 Å². The van der Waals surface area contributed by atoms with E-state index in [2.05, 4.69) is 6.07 Å². The van der Waals surface area contributed by atoms with Crippen molar-refractivity contribution in [3.8, 4) is 0 Å². The third kappa shape index (κ3) is 4.05. The molecule has 0 atom stereocenters. The maximum absolute atomic E-state index is 12.5. The summed E-state index contributed by atoms with van der Waals surface area (Å²) in [6.45, 7) is 0.251. The van der Waals surface area contributed by atoms with Crippen LogP contribution >= 0.6 is 0 Å². The van der Waals surface area contributed by atoms with Gasteiger partial charge in [-0.3, -0.25) is 4.39 Å². The number of benzene rings is 1. The molecule has 4 heteroatoms. The van der Waals surface area contributed by atoms with Gasteiger partial charge in [0.15, 0.2) is 0 Å². The van der Waals surface area contributed by atoms with E-state index in [0.717, 1.165) is 0 Å². The number of hydrogen-bond donors (Lipinski definition) is 1. The van der Waals surface area contributed by atoms with E-state index in [1.54, 1.807) is 12.1 Å². The van der Waals surface area contributed by atoms with E-state index in [1.165, 1.54) is 6.07 Å². The van der Waals surface area contributed by atoms with Gasteiger partial charge in [0.05, 0.1) is 0 Å². The second-order valence-corrected chi connectivity index (χ2v) is 1.72. The first kappa shape index (κ1) is 13.9. The SMILES string of the molecule is NCc1cc[c-]cc1F.[Br-].[Mg+2]. The summed E-state index contributed by atoms with van der Waals surface area (Å²) in [5.41, 5.74) is 5.73. The molecule has 0 aliphatic heterocycles. The van der Waals surface area contributed by atoms with Gasteiger partial charge >= 0.3 is 23.1 Å². The van der Waals surface area contributed by atoms with Crippen molar-refractivity contribution in [2.24, 2.45) is 5.73 Å². The minimum atomic E-state index is -0.278. The summed E-state index contributed by atoms with van der Waals surface area (Å²) < 4.78 is 12.5. The zero-order valence-corrected chi connectivity index (χ0v) is 8.98. The smallest absolute Gasteiger partial charge is 1.00 e. The van der Waals surface area contributed by atoms with Crippen LogP contribution in [0.4, 0.5) is 4.39 Å². The molecule has 1 rings (SSSR count). The molecule has 0 saturated carbocycles. The predicted octanol–water partition coefficient (Wildman–Crippen LogP) is -2.29. The summed E-state index contributed by atoms with van der Waals surface area (Å²) in [6, 6.07) is 7.15. The van der Waals surface area contributed by atoms with Gasteiger partial charge in [0, 0.05) is 5.82 Å². The van der Waals surface area contributed by atoms with Gasteiger partial charge in [-0.15, -0.1) is 11.6 Å². The molecular weight excluding hydrogens is 221 g/mol. The van der Waals surface area contributed by atoms with Gasteiger partial charge in [0.25, 0.3) is 0 Å². The first-order valence-corrected chi connectivity index (χ1v) is 2.69. The van der Waals surface area contributed by atoms with E-state index >= 15 is 0 Å². The molecule has 56 valence electrons. The molecule has 1 aromatic carbocycles. The maximum Gasteiger partial charge on any atom is 2.00 e. The molecule has 0 radical (unpaired) electrons. The van der Waals surface area contributed by atoms with E-state index in [1.807, 2.05) is 0 Å². The van der Waals surface area contributed by atoms with Crippen LogP contribution in [0.25, 0.3) is 0 Å². The Hall–Kier alpha value is 0.356. The summed E-state index contributed by atoms with van der Waals surface area (Å²) in [7, 11) is 0. The molecule has 1 aromatic rings. The Bertz CT molecular complexity index is 207. The minimum Gasteiger partial charge on any atom is -1.00 e. The van der Waals surface area contributed by atoms with Crippen LogP contribution in [0.15, 0.2) is 18.2 Å². The fourth-order valence-corrected chi connectivity index (χ4v) is 0.608. The monoisotopic (exact) mass is 227 g/mol. The van der Waals surface area contributed by atoms with Crippen LogP contribution in [0, 0.1) is 11.9 Å². The normalized spacial score (nSPS) is 7.82. The molecule has 0 aliphatic carbocycles. The van der Waals surface area contributed by atoms with Gasteiger partial charge in [-0.1, -0.05) is 0 Å². The second-order valence-electron chi connectivity index (χ2n) is 1.72. The van der Waals surface area contributed by atoms with Crippen LogP contribution in [-0.2, 0) is 6.54 Å². The van der Waals surface area contributed by atoms with Crippen molar-refractivity contribution in [3.05, 3.63) is 35.6 Å². The standard InChI is InChI=1S/C7H7FN.BrH.Mg/c8-7-4-2-1-3-6(7)5-9;;/h1,3-4H,5,9H2;1H;/q-1;;+2/p-1. The first-order chi connectivity index (χ1) is 4.34. The van der Waals surface area contributed by atoms with Crippen molar-refractivity contribution in [1.29, 1.82) is 0 Å². The van der Waals surface area contributed by atoms with Crippen molar-refractivity contribution in [2.75, 3.05) is 0 Å². The molecule has 0 amide bonds. The van der Waals surface area contributed by atoms with Crippen molar-refractivity contribution < 1.29 is 21.4 Å². The summed E-state index contributed by atoms with van der Waals surface area (Å²) in [5, 5.41) is 0. The Morgan fingerprint density at radius 2 is 2.18 bits per heavy atom. The Labute approximate surface area is 92.1 Å². The van der Waals surface area contributed by atoms with E-state index in [-0.39, 0.29) is 52.4 Å². The van der Waals surface area contributed by atoms with E-state index in [4.69, 9.17) is 5.73 Å². The number of nitrogens with two attached hydrogens (primary N) is 1. The average Bonchev–Trinajstić information content (AvgIpc) is 1.89. The second kappa shape index (κ2) is 7.03. The zero-order valence-electron chi connectivity index (χ0n) is 5.98. The third-order valence-electron chi connectivity index (χ3n) is 1.12. The molecule has 1 nitrogen and oxygen atoms in total. The van der Waals surface area contributed by atoms with Gasteiger partial charge < -0.3 is 22.7 Å². The molecule has 2 N–H and O–H groups in total. The molecule has 0 unspecified atom stereocenters. The molecule has 0 bridgehead atoms. The Kier molecular flexibility index (Phi) is 8.89. The quantitative estimate of drug-likeness (QED) is 0.425. The van der Waals surface area contributed by atoms with E-state index in [9.17, 15) is 4.39 Å². The van der Waals surface area contributed by atoms with Crippen LogP contribution in [0.1, 0.15) is 5.56 Å². The van der Waals surface area contributed by atoms with Crippen molar-refractivity contribution >= 4 is 23.1 Å². The molecule has 0 aromatic heterocycles. The fourth-order valence-electron chi connectivity index (χ4n) is 0.608. The van der Waals surface area contributed by atoms with Gasteiger partial charge in [-0.2, -0.15) is 18.2 Å². The van der Waals surface area contributed by atoms with Crippen molar-refractivity contribution in [1.82, 2.24) is 0 Å². The van der Waals surface area contributed by atoms with Crippen molar-refractivity contribution in [3.63, 3.8) is 0 Å². The topological polar surface area (TPSA) is 26.0 Å². The van der Waals surface area contributed by atoms with Crippen LogP contribution < -0.4 is 22.7 Å². The zero-order chi connectivity index (χ0) is 6.69. The largest absolute Gasteiger partial charge is 2.00 e. The van der Waals surface area contributed by atoms with E-state index in [0.29, 0.717) is 5.56 Å². The van der Waals surface area contributed by atoms with Gasteiger partial charge in [-0.05, 0) is 6.54 Å². The van der Waals surface area contributed by atoms with Crippen LogP contribution in [0.5, 0.6) is 0 Å². The molecule has 0 aliphatic rings. The predicted molar refractivity (Wildman–Crippen MR) is 38.9 cm³/mol. The molecule has 0 fully saturated rings. The number of halogens is 2. The van der Waals surface area contributed by atoms with Gasteiger partial charge in [0.2, 0.25) is 0 Å². The molecule has 0 heterocycles. The maximum atomic E-state index is 12.5. The number of rotatable bonds is 1. The van der Waals surface area contributed by atoms with Crippen LogP contribution in [0.3, 0.4) is 0 Å². The molecule has 0 saturated heterocycles. The fraction of sp³-hybridized carbons (Fsp3) is 0.143. The van der Waals surface area contributed by atoms with Crippen LogP contribution in [0.2, 0.25) is 0 Å². The molecule has 0 spiro atoms. The minimum absolute atomic E-state index is 0. The summed E-state index contributed by atoms with van der Waals surface area (Å²) in [4.78, 5) is 0.